The molecule has 0 saturated carbocycles. The van der Waals surface area contributed by atoms with E-state index < -0.39 is 0 Å². The van der Waals surface area contributed by atoms with Crippen LogP contribution in [-0.2, 0) is 6.61 Å². The van der Waals surface area contributed by atoms with E-state index in [2.05, 4.69) is 0 Å². The average molecular weight is 332 g/mol. The minimum Gasteiger partial charge on any atom is -0.489 e. The van der Waals surface area contributed by atoms with E-state index >= 15 is 0 Å². The topological polar surface area (TPSA) is 44.8 Å². The van der Waals surface area contributed by atoms with Crippen LogP contribution in [0.25, 0.3) is 11.1 Å². The second-order valence-electron chi connectivity index (χ2n) is 5.71. The highest BCUT2D eigenvalue weighted by Crippen LogP contribution is 2.38. The summed E-state index contributed by atoms with van der Waals surface area (Å²) in [5.74, 6) is 1.99. The molecule has 0 fully saturated rings. The van der Waals surface area contributed by atoms with Gasteiger partial charge in [-0.25, -0.2) is 0 Å². The Hall–Kier alpha value is -3.27. The van der Waals surface area contributed by atoms with Crippen molar-refractivity contribution in [1.29, 1.82) is 0 Å². The number of carbonyl (C=O) groups excluding carboxylic acids is 1. The zero-order valence-corrected chi connectivity index (χ0v) is 13.5. The quantitative estimate of drug-likeness (QED) is 0.647. The third kappa shape index (κ3) is 3.19. The molecule has 0 spiro atoms. The van der Waals surface area contributed by atoms with Crippen LogP contribution in [0.5, 0.6) is 17.2 Å². The van der Waals surface area contributed by atoms with Crippen LogP contribution >= 0.6 is 0 Å². The third-order valence-corrected chi connectivity index (χ3v) is 4.07. The fourth-order valence-electron chi connectivity index (χ4n) is 2.80. The zero-order valence-electron chi connectivity index (χ0n) is 13.5. The van der Waals surface area contributed by atoms with Gasteiger partial charge in [0.15, 0.2) is 17.8 Å². The normalized spacial score (nSPS) is 12.0. The Kier molecular flexibility index (Phi) is 4.09. The Morgan fingerprint density at radius 2 is 1.72 bits per heavy atom. The van der Waals surface area contributed by atoms with Crippen LogP contribution in [0.1, 0.15) is 15.9 Å². The number of rotatable bonds is 5. The van der Waals surface area contributed by atoms with E-state index in [1.165, 1.54) is 0 Å². The molecule has 0 radical (unpaired) electrons. The molecule has 1 aliphatic heterocycles. The molecule has 1 heterocycles. The van der Waals surface area contributed by atoms with Crippen molar-refractivity contribution in [3.8, 4) is 28.4 Å². The number of hydrogen-bond donors (Lipinski definition) is 0. The largest absolute Gasteiger partial charge is 0.489 e. The van der Waals surface area contributed by atoms with E-state index in [0.717, 1.165) is 28.7 Å². The summed E-state index contributed by atoms with van der Waals surface area (Å²) >= 11 is 0. The number of fused-ring (bicyclic) bond motifs is 1. The van der Waals surface area contributed by atoms with Gasteiger partial charge < -0.3 is 14.2 Å². The SMILES string of the molecule is O=Cc1cc2c(cc1-c1cccc(OCc3ccccc3)c1)OCO2. The van der Waals surface area contributed by atoms with Crippen molar-refractivity contribution in [2.24, 2.45) is 0 Å². The van der Waals surface area contributed by atoms with Gasteiger partial charge >= 0.3 is 0 Å². The molecule has 3 aromatic rings. The minimum atomic E-state index is 0.178. The Morgan fingerprint density at radius 1 is 0.920 bits per heavy atom. The molecule has 0 bridgehead atoms. The number of ether oxygens (including phenoxy) is 3. The molecule has 124 valence electrons. The Bertz CT molecular complexity index is 903. The monoisotopic (exact) mass is 332 g/mol. The van der Waals surface area contributed by atoms with Crippen LogP contribution in [-0.4, -0.2) is 13.1 Å². The van der Waals surface area contributed by atoms with Crippen LogP contribution < -0.4 is 14.2 Å². The van der Waals surface area contributed by atoms with E-state index in [-0.39, 0.29) is 6.79 Å². The Morgan fingerprint density at radius 3 is 2.52 bits per heavy atom. The van der Waals surface area contributed by atoms with Crippen LogP contribution in [0.4, 0.5) is 0 Å². The van der Waals surface area contributed by atoms with E-state index in [9.17, 15) is 4.79 Å². The van der Waals surface area contributed by atoms with Crippen molar-refractivity contribution in [2.75, 3.05) is 6.79 Å². The molecule has 0 atom stereocenters. The molecule has 0 amide bonds. The van der Waals surface area contributed by atoms with E-state index in [1.54, 1.807) is 6.07 Å². The van der Waals surface area contributed by atoms with Crippen molar-refractivity contribution < 1.29 is 19.0 Å². The molecule has 0 unspecified atom stereocenters. The van der Waals surface area contributed by atoms with Gasteiger partial charge in [0.25, 0.3) is 0 Å². The first kappa shape index (κ1) is 15.3. The first-order chi connectivity index (χ1) is 12.3. The molecular weight excluding hydrogens is 316 g/mol. The molecular formula is C21H16O4. The van der Waals surface area contributed by atoms with Gasteiger partial charge in [0.2, 0.25) is 6.79 Å². The fraction of sp³-hybridized carbons (Fsp3) is 0.0952. The van der Waals surface area contributed by atoms with Crippen LogP contribution in [0.2, 0.25) is 0 Å². The molecule has 25 heavy (non-hydrogen) atoms. The van der Waals surface area contributed by atoms with E-state index in [4.69, 9.17) is 14.2 Å². The second-order valence-corrected chi connectivity index (χ2v) is 5.71. The second kappa shape index (κ2) is 6.69. The maximum Gasteiger partial charge on any atom is 0.231 e. The summed E-state index contributed by atoms with van der Waals surface area (Å²) in [4.78, 5) is 11.5. The highest BCUT2D eigenvalue weighted by molar-refractivity contribution is 5.89. The summed E-state index contributed by atoms with van der Waals surface area (Å²) in [6.07, 6.45) is 0.828. The average Bonchev–Trinajstić information content (AvgIpc) is 3.14. The molecule has 1 aliphatic rings. The Balaban J connectivity index is 1.62. The van der Waals surface area contributed by atoms with Crippen LogP contribution in [0.3, 0.4) is 0 Å². The molecule has 4 heteroatoms. The third-order valence-electron chi connectivity index (χ3n) is 4.07. The van der Waals surface area contributed by atoms with Gasteiger partial charge in [-0.3, -0.25) is 4.79 Å². The number of carbonyl (C=O) groups is 1. The molecule has 4 rings (SSSR count). The number of aldehydes is 1. The standard InChI is InChI=1S/C21H16O4/c22-12-17-10-20-21(25-14-24-20)11-19(17)16-7-4-8-18(9-16)23-13-15-5-2-1-3-6-15/h1-12H,13-14H2. The summed E-state index contributed by atoms with van der Waals surface area (Å²) in [6, 6.07) is 21.2. The van der Waals surface area contributed by atoms with Crippen LogP contribution in [0.15, 0.2) is 66.7 Å². The Labute approximate surface area is 145 Å². The van der Waals surface area contributed by atoms with Gasteiger partial charge in [-0.2, -0.15) is 0 Å². The molecule has 0 aliphatic carbocycles. The summed E-state index contributed by atoms with van der Waals surface area (Å²) in [5, 5.41) is 0. The first-order valence-corrected chi connectivity index (χ1v) is 7.99. The molecule has 4 nitrogen and oxygen atoms in total. The highest BCUT2D eigenvalue weighted by Gasteiger charge is 2.18. The van der Waals surface area contributed by atoms with Gasteiger partial charge in [-0.05, 0) is 41.0 Å². The molecule has 0 saturated heterocycles. The van der Waals surface area contributed by atoms with Crippen molar-refractivity contribution in [3.05, 3.63) is 77.9 Å². The fourth-order valence-corrected chi connectivity index (χ4v) is 2.80. The maximum atomic E-state index is 11.5. The van der Waals surface area contributed by atoms with Gasteiger partial charge in [0, 0.05) is 5.56 Å². The van der Waals surface area contributed by atoms with Gasteiger partial charge in [-0.15, -0.1) is 0 Å². The molecule has 0 N–H and O–H groups in total. The van der Waals surface area contributed by atoms with Gasteiger partial charge in [0.1, 0.15) is 12.4 Å². The maximum absolute atomic E-state index is 11.5. The minimum absolute atomic E-state index is 0.178. The van der Waals surface area contributed by atoms with Crippen molar-refractivity contribution >= 4 is 6.29 Å². The first-order valence-electron chi connectivity index (χ1n) is 7.99. The van der Waals surface area contributed by atoms with Crippen molar-refractivity contribution in [1.82, 2.24) is 0 Å². The van der Waals surface area contributed by atoms with Gasteiger partial charge in [-0.1, -0.05) is 42.5 Å². The molecule has 0 aromatic heterocycles. The smallest absolute Gasteiger partial charge is 0.231 e. The van der Waals surface area contributed by atoms with Gasteiger partial charge in [0.05, 0.1) is 0 Å². The molecule has 3 aromatic carbocycles. The lowest BCUT2D eigenvalue weighted by molar-refractivity contribution is 0.112. The van der Waals surface area contributed by atoms with E-state index in [0.29, 0.717) is 23.7 Å². The summed E-state index contributed by atoms with van der Waals surface area (Å²) in [6.45, 7) is 0.670. The highest BCUT2D eigenvalue weighted by atomic mass is 16.7. The van der Waals surface area contributed by atoms with Crippen LogP contribution in [0, 0.1) is 0 Å². The lowest BCUT2D eigenvalue weighted by Gasteiger charge is -2.10. The lowest BCUT2D eigenvalue weighted by Crippen LogP contribution is -1.95. The number of hydrogen-bond acceptors (Lipinski definition) is 4. The number of benzene rings is 3. The van der Waals surface area contributed by atoms with E-state index in [1.807, 2.05) is 60.7 Å². The predicted octanol–water partition coefficient (Wildman–Crippen LogP) is 4.47. The van der Waals surface area contributed by atoms with Crippen molar-refractivity contribution in [3.63, 3.8) is 0 Å². The van der Waals surface area contributed by atoms with Crippen molar-refractivity contribution in [2.45, 2.75) is 6.61 Å². The summed E-state index contributed by atoms with van der Waals surface area (Å²) < 4.78 is 16.6. The summed E-state index contributed by atoms with van der Waals surface area (Å²) in [7, 11) is 0. The summed E-state index contributed by atoms with van der Waals surface area (Å²) in [5.41, 5.74) is 3.35. The lowest BCUT2D eigenvalue weighted by atomic mass is 9.99. The predicted molar refractivity (Wildman–Crippen MR) is 94.2 cm³/mol. The zero-order chi connectivity index (χ0) is 17.1.